The van der Waals surface area contributed by atoms with Gasteiger partial charge in [0.2, 0.25) is 0 Å². The second-order valence-electron chi connectivity index (χ2n) is 3.16. The van der Waals surface area contributed by atoms with Crippen molar-refractivity contribution in [3.05, 3.63) is 23.8 Å². The first-order chi connectivity index (χ1) is 7.65. The molecule has 0 spiro atoms. The lowest BCUT2D eigenvalue weighted by molar-refractivity contribution is -0.139. The van der Waals surface area contributed by atoms with Crippen molar-refractivity contribution in [2.75, 3.05) is 20.8 Å². The van der Waals surface area contributed by atoms with Crippen LogP contribution in [0.3, 0.4) is 0 Å². The van der Waals surface area contributed by atoms with E-state index in [0.29, 0.717) is 17.1 Å². The van der Waals surface area contributed by atoms with Crippen LogP contribution in [0.4, 0.5) is 0 Å². The largest absolute Gasteiger partial charge is 0.493 e. The van der Waals surface area contributed by atoms with Gasteiger partial charge in [0.1, 0.15) is 5.92 Å². The second-order valence-corrected chi connectivity index (χ2v) is 3.16. The Bertz CT molecular complexity index is 375. The molecule has 88 valence electrons. The highest BCUT2D eigenvalue weighted by atomic mass is 16.5. The van der Waals surface area contributed by atoms with Crippen LogP contribution in [0.25, 0.3) is 0 Å². The van der Waals surface area contributed by atoms with Crippen molar-refractivity contribution in [2.24, 2.45) is 0 Å². The van der Waals surface area contributed by atoms with Gasteiger partial charge < -0.3 is 19.7 Å². The van der Waals surface area contributed by atoms with Gasteiger partial charge in [-0.1, -0.05) is 12.1 Å². The van der Waals surface area contributed by atoms with E-state index in [1.807, 2.05) is 0 Å². The maximum absolute atomic E-state index is 10.9. The molecule has 1 rings (SSSR count). The number of carboxylic acid groups (broad SMARTS) is 1. The summed E-state index contributed by atoms with van der Waals surface area (Å²) in [7, 11) is 2.90. The van der Waals surface area contributed by atoms with Gasteiger partial charge in [-0.15, -0.1) is 0 Å². The van der Waals surface area contributed by atoms with E-state index < -0.39 is 18.5 Å². The average molecular weight is 226 g/mol. The molecule has 0 unspecified atom stereocenters. The van der Waals surface area contributed by atoms with Crippen molar-refractivity contribution < 1.29 is 24.5 Å². The Kier molecular flexibility index (Phi) is 4.13. The maximum Gasteiger partial charge on any atom is 0.313 e. The summed E-state index contributed by atoms with van der Waals surface area (Å²) < 4.78 is 10.2. The molecule has 0 aliphatic carbocycles. The monoisotopic (exact) mass is 226 g/mol. The number of rotatable bonds is 5. The van der Waals surface area contributed by atoms with Gasteiger partial charge in [0.15, 0.2) is 11.5 Å². The minimum atomic E-state index is -1.10. The van der Waals surface area contributed by atoms with Gasteiger partial charge in [0.25, 0.3) is 0 Å². The topological polar surface area (TPSA) is 76.0 Å². The summed E-state index contributed by atoms with van der Waals surface area (Å²) >= 11 is 0. The summed E-state index contributed by atoms with van der Waals surface area (Å²) in [6, 6.07) is 4.91. The molecule has 0 aromatic heterocycles. The first-order valence-corrected chi connectivity index (χ1v) is 4.70. The SMILES string of the molecule is COc1cccc([C@H](CO)C(=O)O)c1OC. The molecule has 0 radical (unpaired) electrons. The predicted octanol–water partition coefficient (Wildman–Crippen LogP) is 0.864. The van der Waals surface area contributed by atoms with Crippen LogP contribution in [0.1, 0.15) is 11.5 Å². The smallest absolute Gasteiger partial charge is 0.313 e. The molecule has 1 aromatic rings. The van der Waals surface area contributed by atoms with Gasteiger partial charge in [-0.25, -0.2) is 0 Å². The quantitative estimate of drug-likeness (QED) is 0.778. The van der Waals surface area contributed by atoms with Crippen LogP contribution in [0, 0.1) is 0 Å². The molecule has 1 atom stereocenters. The Balaban J connectivity index is 3.25. The molecule has 16 heavy (non-hydrogen) atoms. The standard InChI is InChI=1S/C11H14O5/c1-15-9-5-3-4-7(10(9)16-2)8(6-12)11(13)14/h3-5,8,12H,6H2,1-2H3,(H,13,14)/t8-/m0/s1. The molecule has 5 heteroatoms. The molecule has 0 bridgehead atoms. The fourth-order valence-corrected chi connectivity index (χ4v) is 1.50. The van der Waals surface area contributed by atoms with Crippen LogP contribution < -0.4 is 9.47 Å². The summed E-state index contributed by atoms with van der Waals surface area (Å²) in [6.45, 7) is -0.487. The molecule has 0 amide bonds. The van der Waals surface area contributed by atoms with E-state index in [0.717, 1.165) is 0 Å². The van der Waals surface area contributed by atoms with Crippen LogP contribution >= 0.6 is 0 Å². The van der Waals surface area contributed by atoms with Gasteiger partial charge in [0, 0.05) is 5.56 Å². The maximum atomic E-state index is 10.9. The number of carboxylic acids is 1. The third kappa shape index (κ3) is 2.25. The van der Waals surface area contributed by atoms with E-state index >= 15 is 0 Å². The number of methoxy groups -OCH3 is 2. The summed E-state index contributed by atoms with van der Waals surface area (Å²) in [5, 5.41) is 18.0. The van der Waals surface area contributed by atoms with Crippen LogP contribution in [0.15, 0.2) is 18.2 Å². The molecular formula is C11H14O5. The van der Waals surface area contributed by atoms with Crippen LogP contribution in [-0.4, -0.2) is 37.0 Å². The minimum absolute atomic E-state index is 0.339. The minimum Gasteiger partial charge on any atom is -0.493 e. The van der Waals surface area contributed by atoms with Crippen molar-refractivity contribution in [1.82, 2.24) is 0 Å². The molecule has 5 nitrogen and oxygen atoms in total. The Morgan fingerprint density at radius 1 is 1.38 bits per heavy atom. The van der Waals surface area contributed by atoms with E-state index in [1.165, 1.54) is 14.2 Å². The fraction of sp³-hybridized carbons (Fsp3) is 0.364. The summed E-state index contributed by atoms with van der Waals surface area (Å²) in [5.74, 6) is -1.33. The van der Waals surface area contributed by atoms with Gasteiger partial charge >= 0.3 is 5.97 Å². The third-order valence-electron chi connectivity index (χ3n) is 2.29. The van der Waals surface area contributed by atoms with E-state index in [-0.39, 0.29) is 0 Å². The Morgan fingerprint density at radius 2 is 2.06 bits per heavy atom. The number of hydrogen-bond donors (Lipinski definition) is 2. The van der Waals surface area contributed by atoms with Gasteiger partial charge in [-0.05, 0) is 6.07 Å². The van der Waals surface area contributed by atoms with Crippen LogP contribution in [0.2, 0.25) is 0 Å². The number of carbonyl (C=O) groups is 1. The highest BCUT2D eigenvalue weighted by molar-refractivity contribution is 5.78. The summed E-state index contributed by atoms with van der Waals surface area (Å²) in [6.07, 6.45) is 0. The van der Waals surface area contributed by atoms with E-state index in [1.54, 1.807) is 18.2 Å². The lowest BCUT2D eigenvalue weighted by Crippen LogP contribution is -2.16. The van der Waals surface area contributed by atoms with Crippen LogP contribution in [-0.2, 0) is 4.79 Å². The molecule has 0 fully saturated rings. The number of hydrogen-bond acceptors (Lipinski definition) is 4. The third-order valence-corrected chi connectivity index (χ3v) is 2.29. The zero-order valence-electron chi connectivity index (χ0n) is 9.14. The molecule has 0 aliphatic heterocycles. The average Bonchev–Trinajstić information content (AvgIpc) is 2.29. The zero-order chi connectivity index (χ0) is 12.1. The Morgan fingerprint density at radius 3 is 2.50 bits per heavy atom. The predicted molar refractivity (Wildman–Crippen MR) is 57.0 cm³/mol. The lowest BCUT2D eigenvalue weighted by atomic mass is 9.99. The molecular weight excluding hydrogens is 212 g/mol. The summed E-state index contributed by atoms with van der Waals surface area (Å²) in [5.41, 5.74) is 0.400. The van der Waals surface area contributed by atoms with E-state index in [4.69, 9.17) is 19.7 Å². The van der Waals surface area contributed by atoms with E-state index in [2.05, 4.69) is 0 Å². The summed E-state index contributed by atoms with van der Waals surface area (Å²) in [4.78, 5) is 10.9. The van der Waals surface area contributed by atoms with Gasteiger partial charge in [-0.3, -0.25) is 4.79 Å². The highest BCUT2D eigenvalue weighted by Gasteiger charge is 2.24. The number of benzene rings is 1. The number of ether oxygens (including phenoxy) is 2. The zero-order valence-corrected chi connectivity index (χ0v) is 9.14. The number of aliphatic carboxylic acids is 1. The molecule has 0 saturated heterocycles. The molecule has 0 saturated carbocycles. The normalized spacial score (nSPS) is 11.9. The van der Waals surface area contributed by atoms with E-state index in [9.17, 15) is 4.79 Å². The lowest BCUT2D eigenvalue weighted by Gasteiger charge is -2.16. The van der Waals surface area contributed by atoms with Crippen molar-refractivity contribution in [1.29, 1.82) is 0 Å². The van der Waals surface area contributed by atoms with Crippen molar-refractivity contribution in [3.63, 3.8) is 0 Å². The Labute approximate surface area is 93.2 Å². The molecule has 0 aliphatic rings. The van der Waals surface area contributed by atoms with Crippen LogP contribution in [0.5, 0.6) is 11.5 Å². The van der Waals surface area contributed by atoms with Crippen molar-refractivity contribution in [3.8, 4) is 11.5 Å². The number of para-hydroxylation sites is 1. The highest BCUT2D eigenvalue weighted by Crippen LogP contribution is 2.35. The number of aliphatic hydroxyl groups is 1. The van der Waals surface area contributed by atoms with Gasteiger partial charge in [-0.2, -0.15) is 0 Å². The van der Waals surface area contributed by atoms with Gasteiger partial charge in [0.05, 0.1) is 20.8 Å². The fourth-order valence-electron chi connectivity index (χ4n) is 1.50. The Hall–Kier alpha value is -1.75. The second kappa shape index (κ2) is 5.37. The first-order valence-electron chi connectivity index (χ1n) is 4.70. The van der Waals surface area contributed by atoms with Crippen molar-refractivity contribution >= 4 is 5.97 Å². The number of aliphatic hydroxyl groups excluding tert-OH is 1. The molecule has 2 N–H and O–H groups in total. The first kappa shape index (κ1) is 12.3. The molecule has 1 aromatic carbocycles. The molecule has 0 heterocycles. The van der Waals surface area contributed by atoms with Crippen molar-refractivity contribution in [2.45, 2.75) is 5.92 Å².